The lowest BCUT2D eigenvalue weighted by molar-refractivity contribution is 0.198. The third-order valence-electron chi connectivity index (χ3n) is 0.827. The van der Waals surface area contributed by atoms with Gasteiger partial charge < -0.3 is 4.74 Å². The van der Waals surface area contributed by atoms with Crippen LogP contribution in [-0.4, -0.2) is 19.9 Å². The van der Waals surface area contributed by atoms with Gasteiger partial charge in [-0.25, -0.2) is 0 Å². The second-order valence-corrected chi connectivity index (χ2v) is 8.00. The van der Waals surface area contributed by atoms with E-state index in [1.165, 1.54) is 12.8 Å². The molecule has 1 heterocycles. The van der Waals surface area contributed by atoms with Gasteiger partial charge in [0.15, 0.2) is 0 Å². The lowest BCUT2D eigenvalue weighted by Gasteiger charge is -1.76. The fourth-order valence-electron chi connectivity index (χ4n) is 0.510. The third kappa shape index (κ3) is 12.3. The average molecular weight is 208 g/mol. The van der Waals surface area contributed by atoms with Crippen LogP contribution in [0.2, 0.25) is 0 Å². The van der Waals surface area contributed by atoms with E-state index in [-0.39, 0.29) is 0 Å². The third-order valence-corrected chi connectivity index (χ3v) is 0.827. The molecule has 1 aliphatic heterocycles. The highest BCUT2D eigenvalue weighted by Crippen LogP contribution is 1.98. The van der Waals surface area contributed by atoms with E-state index in [2.05, 4.69) is 0 Å². The Labute approximate surface area is 71.0 Å². The van der Waals surface area contributed by atoms with Crippen molar-refractivity contribution in [3.05, 3.63) is 0 Å². The first kappa shape index (κ1) is 10.0. The first-order valence-electron chi connectivity index (χ1n) is 2.73. The van der Waals surface area contributed by atoms with Gasteiger partial charge >= 0.3 is 6.73 Å². The summed E-state index contributed by atoms with van der Waals surface area (Å²) in [4.78, 5) is 0. The maximum Gasteiger partial charge on any atom is 0.326 e. The van der Waals surface area contributed by atoms with Gasteiger partial charge in [0.2, 0.25) is 0 Å². The molecule has 0 unspecified atom stereocenters. The molecule has 0 aromatic rings. The zero-order chi connectivity index (χ0) is 7.11. The van der Waals surface area contributed by atoms with E-state index in [9.17, 15) is 0 Å². The van der Waals surface area contributed by atoms with Crippen LogP contribution >= 0.6 is 33.2 Å². The number of hydrogen-bond donors (Lipinski definition) is 0. The van der Waals surface area contributed by atoms with Crippen molar-refractivity contribution in [1.29, 1.82) is 0 Å². The molecule has 56 valence electrons. The smallest absolute Gasteiger partial charge is 0.326 e. The summed E-state index contributed by atoms with van der Waals surface area (Å²) in [7, 11) is 0. The number of rotatable bonds is 0. The van der Waals surface area contributed by atoms with Crippen LogP contribution in [0.3, 0.4) is 0 Å². The highest BCUT2D eigenvalue weighted by atomic mass is 35.8. The van der Waals surface area contributed by atoms with Gasteiger partial charge in [0.1, 0.15) is 0 Å². The van der Waals surface area contributed by atoms with Crippen LogP contribution in [0.25, 0.3) is 0 Å². The van der Waals surface area contributed by atoms with E-state index in [0.717, 1.165) is 13.2 Å². The summed E-state index contributed by atoms with van der Waals surface area (Å²) in [5.74, 6) is 0. The monoisotopic (exact) mass is 206 g/mol. The molecule has 9 heavy (non-hydrogen) atoms. The maximum absolute atomic E-state index is 4.94. The van der Waals surface area contributed by atoms with E-state index in [0.29, 0.717) is 0 Å². The first-order chi connectivity index (χ1) is 4.23. The molecule has 1 fully saturated rings. The number of hydrogen-bond acceptors (Lipinski definition) is 1. The quantitative estimate of drug-likeness (QED) is 0.437. The molecule has 1 nitrogen and oxygen atoms in total. The first-order valence-corrected chi connectivity index (χ1v) is 7.97. The minimum atomic E-state index is -1.72. The SMILES string of the molecule is C1CCOC1.Cl[SiH](Cl)Cl. The molecule has 0 saturated carbocycles. The van der Waals surface area contributed by atoms with E-state index in [4.69, 9.17) is 38.0 Å². The average Bonchev–Trinajstić information content (AvgIpc) is 2.11. The standard InChI is InChI=1S/C4H8O.Cl3HSi/c1-2-4-5-3-1;1-4(2)3/h1-4H2;4H. The summed E-state index contributed by atoms with van der Waals surface area (Å²) in [5, 5.41) is 0. The van der Waals surface area contributed by atoms with Crippen molar-refractivity contribution in [2.45, 2.75) is 12.8 Å². The zero-order valence-electron chi connectivity index (χ0n) is 4.95. The summed E-state index contributed by atoms with van der Waals surface area (Å²) in [6.45, 7) is 0.278. The number of halogens is 3. The molecule has 0 aromatic heterocycles. The van der Waals surface area contributed by atoms with Crippen molar-refractivity contribution < 1.29 is 4.74 Å². The molecule has 5 heteroatoms. The van der Waals surface area contributed by atoms with Gasteiger partial charge in [-0.15, -0.1) is 33.2 Å². The van der Waals surface area contributed by atoms with Gasteiger partial charge in [-0.05, 0) is 12.8 Å². The molecule has 0 aromatic carbocycles. The summed E-state index contributed by atoms with van der Waals surface area (Å²) in [6.07, 6.45) is 2.56. The van der Waals surface area contributed by atoms with Crippen molar-refractivity contribution in [2.75, 3.05) is 13.2 Å². The van der Waals surface area contributed by atoms with Crippen LogP contribution in [0.1, 0.15) is 12.8 Å². The van der Waals surface area contributed by atoms with Gasteiger partial charge in [-0.3, -0.25) is 0 Å². The zero-order valence-corrected chi connectivity index (χ0v) is 8.37. The molecule has 0 N–H and O–H groups in total. The molecular weight excluding hydrogens is 198 g/mol. The van der Waals surface area contributed by atoms with E-state index in [1.807, 2.05) is 0 Å². The molecular formula is C4H9Cl3OSi. The van der Waals surface area contributed by atoms with Gasteiger partial charge in [-0.2, -0.15) is 0 Å². The Morgan fingerprint density at radius 2 is 1.33 bits per heavy atom. The molecule has 0 radical (unpaired) electrons. The fraction of sp³-hybridized carbons (Fsp3) is 1.00. The molecule has 1 rings (SSSR count). The molecule has 1 saturated heterocycles. The lowest BCUT2D eigenvalue weighted by Crippen LogP contribution is -1.74. The summed E-state index contributed by atoms with van der Waals surface area (Å²) in [5.41, 5.74) is 0. The number of ether oxygens (including phenoxy) is 1. The van der Waals surface area contributed by atoms with Crippen molar-refractivity contribution in [1.82, 2.24) is 0 Å². The van der Waals surface area contributed by atoms with Crippen LogP contribution in [0.4, 0.5) is 0 Å². The Bertz CT molecular complexity index is 47.4. The highest BCUT2D eigenvalue weighted by molar-refractivity contribution is 7.54. The molecule has 0 atom stereocenters. The molecule has 0 bridgehead atoms. The van der Waals surface area contributed by atoms with Crippen LogP contribution < -0.4 is 0 Å². The van der Waals surface area contributed by atoms with Crippen molar-refractivity contribution in [3.63, 3.8) is 0 Å². The molecule has 1 aliphatic rings. The second-order valence-electron chi connectivity index (χ2n) is 1.57. The lowest BCUT2D eigenvalue weighted by atomic mass is 10.4. The van der Waals surface area contributed by atoms with Gasteiger partial charge in [0.25, 0.3) is 0 Å². The van der Waals surface area contributed by atoms with Gasteiger partial charge in [0, 0.05) is 13.2 Å². The minimum Gasteiger partial charge on any atom is -0.381 e. The topological polar surface area (TPSA) is 9.23 Å². The molecule has 0 amide bonds. The second kappa shape index (κ2) is 7.16. The van der Waals surface area contributed by atoms with Crippen LogP contribution in [0.15, 0.2) is 0 Å². The predicted molar refractivity (Wildman–Crippen MR) is 44.8 cm³/mol. The Hall–Kier alpha value is 1.05. The van der Waals surface area contributed by atoms with E-state index in [1.54, 1.807) is 0 Å². The summed E-state index contributed by atoms with van der Waals surface area (Å²) in [6, 6.07) is 0. The normalized spacial score (nSPS) is 17.3. The Kier molecular flexibility index (Phi) is 7.99. The summed E-state index contributed by atoms with van der Waals surface area (Å²) >= 11 is 14.8. The van der Waals surface area contributed by atoms with E-state index >= 15 is 0 Å². The van der Waals surface area contributed by atoms with E-state index < -0.39 is 6.73 Å². The molecule has 0 spiro atoms. The van der Waals surface area contributed by atoms with Crippen LogP contribution in [0, 0.1) is 0 Å². The Balaban J connectivity index is 0.000000148. The van der Waals surface area contributed by atoms with Gasteiger partial charge in [-0.1, -0.05) is 0 Å². The predicted octanol–water partition coefficient (Wildman–Crippen LogP) is 2.22. The maximum atomic E-state index is 4.94. The Morgan fingerprint density at radius 3 is 1.44 bits per heavy atom. The van der Waals surface area contributed by atoms with Crippen LogP contribution in [0.5, 0.6) is 0 Å². The summed E-state index contributed by atoms with van der Waals surface area (Å²) < 4.78 is 4.94. The molecule has 0 aliphatic carbocycles. The van der Waals surface area contributed by atoms with Gasteiger partial charge in [0.05, 0.1) is 0 Å². The fourth-order valence-corrected chi connectivity index (χ4v) is 0.510. The van der Waals surface area contributed by atoms with Crippen molar-refractivity contribution in [3.8, 4) is 0 Å². The largest absolute Gasteiger partial charge is 0.381 e. The van der Waals surface area contributed by atoms with Crippen LogP contribution in [-0.2, 0) is 4.74 Å². The minimum absolute atomic E-state index is 1.00. The van der Waals surface area contributed by atoms with Crippen molar-refractivity contribution >= 4 is 40.0 Å². The van der Waals surface area contributed by atoms with Crippen molar-refractivity contribution in [2.24, 2.45) is 0 Å². The highest BCUT2D eigenvalue weighted by Gasteiger charge is 1.94. The Morgan fingerprint density at radius 1 is 1.00 bits per heavy atom.